The Morgan fingerprint density at radius 2 is 1.07 bits per heavy atom. The van der Waals surface area contributed by atoms with Crippen LogP contribution >= 0.6 is 11.3 Å². The molecule has 0 saturated heterocycles. The highest BCUT2D eigenvalue weighted by Gasteiger charge is 2.17. The molecule has 46 heavy (non-hydrogen) atoms. The van der Waals surface area contributed by atoms with E-state index in [4.69, 9.17) is 15.0 Å². The Bertz CT molecular complexity index is 2460. The van der Waals surface area contributed by atoms with Crippen molar-refractivity contribution in [2.45, 2.75) is 0 Å². The summed E-state index contributed by atoms with van der Waals surface area (Å²) in [6.45, 7) is 0. The van der Waals surface area contributed by atoms with E-state index in [1.165, 1.54) is 10.8 Å². The predicted molar refractivity (Wildman–Crippen MR) is 189 cm³/mol. The minimum atomic E-state index is 0.919. The van der Waals surface area contributed by atoms with Crippen LogP contribution in [0, 0.1) is 0 Å². The predicted octanol–water partition coefficient (Wildman–Crippen LogP) is 10.2. The van der Waals surface area contributed by atoms with Crippen LogP contribution in [0.2, 0.25) is 0 Å². The third kappa shape index (κ3) is 4.55. The molecule has 5 nitrogen and oxygen atoms in total. The maximum atomic E-state index is 5.06. The van der Waals surface area contributed by atoms with Gasteiger partial charge in [0, 0.05) is 57.3 Å². The fourth-order valence-corrected chi connectivity index (χ4v) is 7.23. The molecular weight excluding hydrogens is 583 g/mol. The maximum absolute atomic E-state index is 5.06. The number of hydrogen-bond donors (Lipinski definition) is 0. The second kappa shape index (κ2) is 10.9. The first kappa shape index (κ1) is 26.4. The average Bonchev–Trinajstić information content (AvgIpc) is 3.71. The Kier molecular flexibility index (Phi) is 6.25. The second-order valence-corrected chi connectivity index (χ2v) is 12.2. The summed E-state index contributed by atoms with van der Waals surface area (Å²) in [4.78, 5) is 19.0. The Morgan fingerprint density at radius 1 is 0.457 bits per heavy atom. The standard InChI is InChI=1S/C40H25N5S/c1-2-13-37-31(9-1)32-16-14-27(40-44-36-17-15-26(25-39(36)46-40)33-10-3-6-18-41-33)24-38(32)45(37)30-22-28(34-11-4-7-19-42-34)21-29(23-30)35-12-5-8-20-43-35/h1-25H. The number of hydrogen-bond acceptors (Lipinski definition) is 5. The number of pyridine rings is 3. The molecule has 216 valence electrons. The van der Waals surface area contributed by atoms with Gasteiger partial charge < -0.3 is 4.57 Å². The number of nitrogens with zero attached hydrogens (tertiary/aromatic N) is 5. The molecule has 9 aromatic rings. The molecule has 0 unspecified atom stereocenters. The van der Waals surface area contributed by atoms with E-state index < -0.39 is 0 Å². The molecule has 0 fully saturated rings. The van der Waals surface area contributed by atoms with Crippen molar-refractivity contribution in [1.82, 2.24) is 24.5 Å². The van der Waals surface area contributed by atoms with Gasteiger partial charge in [-0.25, -0.2) is 4.98 Å². The van der Waals surface area contributed by atoms with Gasteiger partial charge in [0.25, 0.3) is 0 Å². The zero-order valence-electron chi connectivity index (χ0n) is 24.6. The lowest BCUT2D eigenvalue weighted by molar-refractivity contribution is 1.17. The second-order valence-electron chi connectivity index (χ2n) is 11.2. The molecule has 0 atom stereocenters. The molecule has 0 bridgehead atoms. The Morgan fingerprint density at radius 3 is 1.74 bits per heavy atom. The van der Waals surface area contributed by atoms with Gasteiger partial charge in [-0.05, 0) is 78.9 Å². The van der Waals surface area contributed by atoms with Gasteiger partial charge in [-0.3, -0.25) is 15.0 Å². The quantitative estimate of drug-likeness (QED) is 0.195. The third-order valence-corrected chi connectivity index (χ3v) is 9.43. The van der Waals surface area contributed by atoms with E-state index in [2.05, 4.69) is 101 Å². The smallest absolute Gasteiger partial charge is 0.124 e. The Hall–Kier alpha value is -5.98. The molecular formula is C40H25N5S. The van der Waals surface area contributed by atoms with Gasteiger partial charge in [0.1, 0.15) is 5.01 Å². The molecule has 4 aromatic carbocycles. The lowest BCUT2D eigenvalue weighted by atomic mass is 10.0. The number of aromatic nitrogens is 5. The summed E-state index contributed by atoms with van der Waals surface area (Å²) >= 11 is 1.71. The van der Waals surface area contributed by atoms with Gasteiger partial charge in [0.15, 0.2) is 0 Å². The fourth-order valence-electron chi connectivity index (χ4n) is 6.23. The van der Waals surface area contributed by atoms with Crippen molar-refractivity contribution in [2.75, 3.05) is 0 Å². The van der Waals surface area contributed by atoms with Crippen LogP contribution in [0.3, 0.4) is 0 Å². The summed E-state index contributed by atoms with van der Waals surface area (Å²) in [5.41, 5.74) is 11.4. The van der Waals surface area contributed by atoms with Gasteiger partial charge >= 0.3 is 0 Å². The molecule has 0 aliphatic carbocycles. The molecule has 0 saturated carbocycles. The highest BCUT2D eigenvalue weighted by atomic mass is 32.1. The molecule has 6 heteroatoms. The number of benzene rings is 4. The Labute approximate surface area is 269 Å². The van der Waals surface area contributed by atoms with Crippen molar-refractivity contribution in [3.8, 4) is 50.0 Å². The van der Waals surface area contributed by atoms with Gasteiger partial charge in [-0.1, -0.05) is 54.6 Å². The normalized spacial score (nSPS) is 11.5. The number of fused-ring (bicyclic) bond motifs is 4. The fraction of sp³-hybridized carbons (Fsp3) is 0. The van der Waals surface area contributed by atoms with Crippen molar-refractivity contribution in [3.05, 3.63) is 152 Å². The van der Waals surface area contributed by atoms with Crippen LogP contribution in [-0.4, -0.2) is 24.5 Å². The average molecular weight is 608 g/mol. The minimum Gasteiger partial charge on any atom is -0.309 e. The lowest BCUT2D eigenvalue weighted by Crippen LogP contribution is -1.97. The highest BCUT2D eigenvalue weighted by Crippen LogP contribution is 2.39. The number of rotatable bonds is 5. The number of thiazole rings is 1. The molecule has 0 aliphatic heterocycles. The van der Waals surface area contributed by atoms with Crippen molar-refractivity contribution < 1.29 is 0 Å². The maximum Gasteiger partial charge on any atom is 0.124 e. The monoisotopic (exact) mass is 607 g/mol. The zero-order valence-corrected chi connectivity index (χ0v) is 25.4. The summed E-state index contributed by atoms with van der Waals surface area (Å²) in [6.07, 6.45) is 5.51. The summed E-state index contributed by atoms with van der Waals surface area (Å²) in [6, 6.07) is 46.4. The van der Waals surface area contributed by atoms with Gasteiger partial charge in [-0.15, -0.1) is 11.3 Å². The summed E-state index contributed by atoms with van der Waals surface area (Å²) in [5.74, 6) is 0. The van der Waals surface area contributed by atoms with Gasteiger partial charge in [0.05, 0.1) is 38.3 Å². The lowest BCUT2D eigenvalue weighted by Gasteiger charge is -2.13. The van der Waals surface area contributed by atoms with Crippen LogP contribution in [0.5, 0.6) is 0 Å². The Balaban J connectivity index is 1.25. The zero-order chi connectivity index (χ0) is 30.5. The van der Waals surface area contributed by atoms with Crippen molar-refractivity contribution in [1.29, 1.82) is 0 Å². The minimum absolute atomic E-state index is 0.919. The third-order valence-electron chi connectivity index (χ3n) is 8.37. The largest absolute Gasteiger partial charge is 0.309 e. The molecule has 0 N–H and O–H groups in total. The van der Waals surface area contributed by atoms with E-state index in [-0.39, 0.29) is 0 Å². The first-order valence-electron chi connectivity index (χ1n) is 15.1. The van der Waals surface area contributed by atoms with E-state index in [0.717, 1.165) is 71.3 Å². The topological polar surface area (TPSA) is 56.5 Å². The van der Waals surface area contributed by atoms with Crippen molar-refractivity contribution in [2.24, 2.45) is 0 Å². The van der Waals surface area contributed by atoms with Crippen LogP contribution in [0.4, 0.5) is 0 Å². The van der Waals surface area contributed by atoms with E-state index in [1.807, 2.05) is 61.1 Å². The van der Waals surface area contributed by atoms with Crippen LogP contribution in [0.15, 0.2) is 152 Å². The van der Waals surface area contributed by atoms with Crippen LogP contribution in [0.1, 0.15) is 0 Å². The van der Waals surface area contributed by atoms with E-state index in [9.17, 15) is 0 Å². The molecule has 0 amide bonds. The highest BCUT2D eigenvalue weighted by molar-refractivity contribution is 7.21. The van der Waals surface area contributed by atoms with Crippen LogP contribution in [0.25, 0.3) is 82.1 Å². The SMILES string of the molecule is c1ccc(-c2cc(-c3ccccn3)cc(-n3c4ccccc4c4ccc(-c5nc6ccc(-c7ccccn7)cc6s5)cc43)c2)nc1. The summed E-state index contributed by atoms with van der Waals surface area (Å²) in [5, 5.41) is 3.39. The van der Waals surface area contributed by atoms with Gasteiger partial charge in [0.2, 0.25) is 0 Å². The molecule has 0 aliphatic rings. The van der Waals surface area contributed by atoms with Crippen LogP contribution < -0.4 is 0 Å². The van der Waals surface area contributed by atoms with E-state index in [1.54, 1.807) is 11.3 Å². The van der Waals surface area contributed by atoms with E-state index >= 15 is 0 Å². The molecule has 0 radical (unpaired) electrons. The number of para-hydroxylation sites is 1. The molecule has 5 heterocycles. The van der Waals surface area contributed by atoms with Crippen molar-refractivity contribution in [3.63, 3.8) is 0 Å². The van der Waals surface area contributed by atoms with Crippen LogP contribution in [-0.2, 0) is 0 Å². The summed E-state index contributed by atoms with van der Waals surface area (Å²) in [7, 11) is 0. The summed E-state index contributed by atoms with van der Waals surface area (Å²) < 4.78 is 3.50. The van der Waals surface area contributed by atoms with Crippen molar-refractivity contribution >= 4 is 43.4 Å². The molecule has 9 rings (SSSR count). The van der Waals surface area contributed by atoms with E-state index in [0.29, 0.717) is 0 Å². The first-order valence-corrected chi connectivity index (χ1v) is 15.9. The molecule has 5 aromatic heterocycles. The first-order chi connectivity index (χ1) is 22.8. The van der Waals surface area contributed by atoms with Gasteiger partial charge in [-0.2, -0.15) is 0 Å². The molecule has 0 spiro atoms.